The number of dihydropyridines is 1. The van der Waals surface area contributed by atoms with Crippen molar-refractivity contribution in [2.75, 3.05) is 20.1 Å². The molecule has 3 heterocycles. The zero-order chi connectivity index (χ0) is 20.9. The van der Waals surface area contributed by atoms with Crippen molar-refractivity contribution in [3.63, 3.8) is 0 Å². The molecule has 0 aromatic heterocycles. The monoisotopic (exact) mass is 409 g/mol. The molecule has 1 saturated carbocycles. The third kappa shape index (κ3) is 3.63. The lowest BCUT2D eigenvalue weighted by Crippen LogP contribution is -2.43. The second-order valence-corrected chi connectivity index (χ2v) is 8.86. The maximum Gasteiger partial charge on any atom is 0.233 e. The first-order valence-corrected chi connectivity index (χ1v) is 10.6. The van der Waals surface area contributed by atoms with E-state index in [0.29, 0.717) is 13.1 Å². The molecular formula is C23H28FN5O. The van der Waals surface area contributed by atoms with Crippen LogP contribution in [0.25, 0.3) is 5.57 Å². The fraction of sp³-hybridized carbons (Fsp3) is 0.435. The topological polar surface area (TPSA) is 59.6 Å². The molecular weight excluding hydrogens is 381 g/mol. The van der Waals surface area contributed by atoms with Crippen LogP contribution in [0, 0.1) is 11.2 Å². The molecule has 0 bridgehead atoms. The van der Waals surface area contributed by atoms with Gasteiger partial charge in [0.05, 0.1) is 11.6 Å². The number of hydrogen-bond donors (Lipinski definition) is 3. The van der Waals surface area contributed by atoms with E-state index in [0.717, 1.165) is 53.9 Å². The van der Waals surface area contributed by atoms with Gasteiger partial charge in [0.1, 0.15) is 5.82 Å². The van der Waals surface area contributed by atoms with Crippen molar-refractivity contribution in [2.24, 2.45) is 5.41 Å². The molecule has 1 spiro atoms. The maximum atomic E-state index is 14.2. The Balaban J connectivity index is 1.29. The number of hydrazine groups is 1. The number of amides is 1. The Kier molecular flexibility index (Phi) is 4.67. The Morgan fingerprint density at radius 3 is 2.80 bits per heavy atom. The van der Waals surface area contributed by atoms with Gasteiger partial charge in [-0.05, 0) is 73.2 Å². The first kappa shape index (κ1) is 19.3. The van der Waals surface area contributed by atoms with Crippen LogP contribution in [0.2, 0.25) is 0 Å². The first-order valence-electron chi connectivity index (χ1n) is 10.6. The smallest absolute Gasteiger partial charge is 0.233 e. The van der Waals surface area contributed by atoms with Gasteiger partial charge in [0.2, 0.25) is 5.91 Å². The SMILES string of the molecule is CC1=CC(N2CCC3(CC3)C2=O)=CC(NCc2cc(F)cc(C3=CN(C)NC3)c2)N1. The van der Waals surface area contributed by atoms with E-state index in [1.165, 1.54) is 0 Å². The summed E-state index contributed by atoms with van der Waals surface area (Å²) < 4.78 is 14.2. The lowest BCUT2D eigenvalue weighted by atomic mass is 10.0. The quantitative estimate of drug-likeness (QED) is 0.697. The van der Waals surface area contributed by atoms with Gasteiger partial charge in [-0.2, -0.15) is 0 Å². The van der Waals surface area contributed by atoms with Crippen LogP contribution in [-0.2, 0) is 11.3 Å². The van der Waals surface area contributed by atoms with Gasteiger partial charge in [0.25, 0.3) is 0 Å². The zero-order valence-electron chi connectivity index (χ0n) is 17.5. The highest BCUT2D eigenvalue weighted by Gasteiger charge is 2.56. The van der Waals surface area contributed by atoms with Crippen molar-refractivity contribution in [1.82, 2.24) is 26.0 Å². The Morgan fingerprint density at radius 1 is 1.27 bits per heavy atom. The summed E-state index contributed by atoms with van der Waals surface area (Å²) in [6.07, 6.45) is 8.99. The lowest BCUT2D eigenvalue weighted by molar-refractivity contribution is -0.130. The Labute approximate surface area is 176 Å². The summed E-state index contributed by atoms with van der Waals surface area (Å²) in [6.45, 7) is 4.02. The number of benzene rings is 1. The minimum absolute atomic E-state index is 0.0633. The third-order valence-corrected chi connectivity index (χ3v) is 6.49. The predicted molar refractivity (Wildman–Crippen MR) is 114 cm³/mol. The second kappa shape index (κ2) is 7.25. The standard InChI is InChI=1S/C23H28FN5O/c1-15-7-20(29-6-5-23(3-4-23)22(29)30)11-21(27-15)25-12-16-8-17(10-19(24)9-16)18-13-26-28(2)14-18/h7-11,14,21,25-27H,3-6,12-13H2,1-2H3. The Bertz CT molecular complexity index is 978. The zero-order valence-corrected chi connectivity index (χ0v) is 17.5. The average molecular weight is 410 g/mol. The normalized spacial score (nSPS) is 24.7. The minimum atomic E-state index is -0.235. The Morgan fingerprint density at radius 2 is 2.10 bits per heavy atom. The van der Waals surface area contributed by atoms with Gasteiger partial charge in [-0.1, -0.05) is 0 Å². The van der Waals surface area contributed by atoms with Crippen LogP contribution in [0.4, 0.5) is 4.39 Å². The van der Waals surface area contributed by atoms with E-state index in [-0.39, 0.29) is 23.3 Å². The van der Waals surface area contributed by atoms with E-state index in [4.69, 9.17) is 0 Å². The van der Waals surface area contributed by atoms with Crippen molar-refractivity contribution in [2.45, 2.75) is 38.9 Å². The highest BCUT2D eigenvalue weighted by atomic mass is 19.1. The summed E-state index contributed by atoms with van der Waals surface area (Å²) in [6, 6.07) is 5.17. The summed E-state index contributed by atoms with van der Waals surface area (Å²) in [4.78, 5) is 14.7. The molecule has 3 aliphatic heterocycles. The number of halogens is 1. The number of nitrogens with one attached hydrogen (secondary N) is 3. The number of rotatable bonds is 5. The summed E-state index contributed by atoms with van der Waals surface area (Å²) >= 11 is 0. The molecule has 1 aromatic rings. The van der Waals surface area contributed by atoms with Crippen LogP contribution >= 0.6 is 0 Å². The maximum absolute atomic E-state index is 14.2. The van der Waals surface area contributed by atoms with Crippen molar-refractivity contribution in [3.05, 3.63) is 64.9 Å². The summed E-state index contributed by atoms with van der Waals surface area (Å²) in [7, 11) is 1.93. The largest absolute Gasteiger partial charge is 0.370 e. The van der Waals surface area contributed by atoms with Gasteiger partial charge in [0, 0.05) is 44.3 Å². The van der Waals surface area contributed by atoms with Crippen molar-refractivity contribution >= 4 is 11.5 Å². The fourth-order valence-corrected chi connectivity index (χ4v) is 4.61. The number of allylic oxidation sites excluding steroid dienone is 2. The minimum Gasteiger partial charge on any atom is -0.370 e. The van der Waals surface area contributed by atoms with Crippen LogP contribution < -0.4 is 16.1 Å². The summed E-state index contributed by atoms with van der Waals surface area (Å²) in [5.41, 5.74) is 7.95. The summed E-state index contributed by atoms with van der Waals surface area (Å²) in [5.74, 6) is 0.0395. The molecule has 1 saturated heterocycles. The molecule has 158 valence electrons. The van der Waals surface area contributed by atoms with Crippen molar-refractivity contribution in [1.29, 1.82) is 0 Å². The molecule has 2 fully saturated rings. The van der Waals surface area contributed by atoms with Crippen LogP contribution in [-0.4, -0.2) is 42.1 Å². The number of hydrogen-bond acceptors (Lipinski definition) is 5. The fourth-order valence-electron chi connectivity index (χ4n) is 4.61. The molecule has 1 aromatic carbocycles. The van der Waals surface area contributed by atoms with Crippen molar-refractivity contribution in [3.8, 4) is 0 Å². The van der Waals surface area contributed by atoms with Gasteiger partial charge < -0.3 is 15.2 Å². The lowest BCUT2D eigenvalue weighted by Gasteiger charge is -2.28. The molecule has 3 N–H and O–H groups in total. The van der Waals surface area contributed by atoms with Crippen LogP contribution in [0.15, 0.2) is 47.9 Å². The Hall–Kier alpha value is -2.64. The van der Waals surface area contributed by atoms with Gasteiger partial charge in [-0.15, -0.1) is 0 Å². The molecule has 5 rings (SSSR count). The first-order chi connectivity index (χ1) is 14.4. The molecule has 7 heteroatoms. The predicted octanol–water partition coefficient (Wildman–Crippen LogP) is 2.44. The molecule has 30 heavy (non-hydrogen) atoms. The molecule has 1 aliphatic carbocycles. The molecule has 4 aliphatic rings. The molecule has 1 amide bonds. The van der Waals surface area contributed by atoms with Gasteiger partial charge in [-0.3, -0.25) is 10.1 Å². The van der Waals surface area contributed by atoms with E-state index in [2.05, 4.69) is 22.1 Å². The van der Waals surface area contributed by atoms with Crippen LogP contribution in [0.5, 0.6) is 0 Å². The number of carbonyl (C=O) groups excluding carboxylic acids is 1. The molecule has 1 atom stereocenters. The third-order valence-electron chi connectivity index (χ3n) is 6.49. The summed E-state index contributed by atoms with van der Waals surface area (Å²) in [5, 5.41) is 8.73. The van der Waals surface area contributed by atoms with E-state index in [9.17, 15) is 9.18 Å². The van der Waals surface area contributed by atoms with E-state index < -0.39 is 0 Å². The van der Waals surface area contributed by atoms with Gasteiger partial charge in [0.15, 0.2) is 0 Å². The second-order valence-electron chi connectivity index (χ2n) is 8.86. The van der Waals surface area contributed by atoms with Crippen LogP contribution in [0.1, 0.15) is 37.3 Å². The van der Waals surface area contributed by atoms with Crippen molar-refractivity contribution < 1.29 is 9.18 Å². The number of carbonyl (C=O) groups is 1. The average Bonchev–Trinajstić information content (AvgIpc) is 3.26. The van der Waals surface area contributed by atoms with E-state index >= 15 is 0 Å². The van der Waals surface area contributed by atoms with Gasteiger partial charge >= 0.3 is 0 Å². The van der Waals surface area contributed by atoms with E-state index in [1.54, 1.807) is 12.1 Å². The van der Waals surface area contributed by atoms with Gasteiger partial charge in [-0.25, -0.2) is 9.82 Å². The molecule has 0 radical (unpaired) electrons. The number of nitrogens with zero attached hydrogens (tertiary/aromatic N) is 2. The highest BCUT2D eigenvalue weighted by Crippen LogP contribution is 2.54. The van der Waals surface area contributed by atoms with E-state index in [1.807, 2.05) is 42.2 Å². The van der Waals surface area contributed by atoms with Crippen LogP contribution in [0.3, 0.4) is 0 Å². The molecule has 1 unspecified atom stereocenters. The number of likely N-dealkylation sites (tertiary alicyclic amines) is 1. The molecule has 6 nitrogen and oxygen atoms in total. The highest BCUT2D eigenvalue weighted by molar-refractivity contribution is 5.89.